The van der Waals surface area contributed by atoms with Crippen molar-refractivity contribution < 1.29 is 46.6 Å². The van der Waals surface area contributed by atoms with E-state index in [2.05, 4.69) is 146 Å². The van der Waals surface area contributed by atoms with Crippen LogP contribution < -0.4 is 0 Å². The van der Waals surface area contributed by atoms with Gasteiger partial charge in [0.15, 0.2) is 0 Å². The molecule has 0 heterocycles. The summed E-state index contributed by atoms with van der Waals surface area (Å²) in [5.41, 5.74) is 11.6. The van der Waals surface area contributed by atoms with Crippen molar-refractivity contribution in [2.75, 3.05) is 0 Å². The Labute approximate surface area is 874 Å². The molecule has 662 valence electrons. The topological polar surface area (TPSA) is 0 Å². The molecule has 0 N–H and O–H groups in total. The molecule has 28 aromatic carbocycles. The second-order valence-corrected chi connectivity index (χ2v) is 34.4. The fraction of sp³-hybridized carbons (Fsp3) is 0. The van der Waals surface area contributed by atoms with E-state index in [1.165, 1.54) is 86.9 Å². The van der Waals surface area contributed by atoms with Crippen molar-refractivity contribution in [3.05, 3.63) is 569 Å². The van der Waals surface area contributed by atoms with Crippen molar-refractivity contribution >= 4 is 129 Å². The summed E-state index contributed by atoms with van der Waals surface area (Å²) in [7, 11) is 0. The lowest BCUT2D eigenvalue weighted by Crippen LogP contribution is -1.92. The number of hydrogen-bond donors (Lipinski definition) is 0. The maximum absolute atomic E-state index is 9.09. The van der Waals surface area contributed by atoms with Crippen LogP contribution in [0.5, 0.6) is 0 Å². The van der Waals surface area contributed by atoms with Gasteiger partial charge in [-0.25, -0.2) is 0 Å². The zero-order chi connectivity index (χ0) is 124. The minimum Gasteiger partial charge on any atom is -0.0622 e. The molecular formula is C142H94. The Bertz CT molecular complexity index is 11400. The van der Waals surface area contributed by atoms with E-state index in [4.69, 9.17) is 46.6 Å². The highest BCUT2D eigenvalue weighted by atomic mass is 14.3. The molecule has 0 aliphatic rings. The molecule has 28 rings (SSSR count). The third-order valence-corrected chi connectivity index (χ3v) is 26.5. The van der Waals surface area contributed by atoms with Crippen molar-refractivity contribution in [3.63, 3.8) is 0 Å². The summed E-state index contributed by atoms with van der Waals surface area (Å²) in [6.45, 7) is 0. The van der Waals surface area contributed by atoms with Gasteiger partial charge in [-0.05, 0) is 287 Å². The van der Waals surface area contributed by atoms with Gasteiger partial charge >= 0.3 is 0 Å². The molecule has 0 nitrogen and oxygen atoms in total. The molecule has 0 atom stereocenters. The summed E-state index contributed by atoms with van der Waals surface area (Å²) in [6.07, 6.45) is 0. The molecule has 28 aromatic rings. The Morgan fingerprint density at radius 3 is 0.683 bits per heavy atom. The molecule has 0 saturated heterocycles. The van der Waals surface area contributed by atoms with Crippen molar-refractivity contribution in [3.8, 4) is 134 Å². The molecule has 0 fully saturated rings. The summed E-state index contributed by atoms with van der Waals surface area (Å²) in [4.78, 5) is 0. The van der Waals surface area contributed by atoms with Crippen LogP contribution in [0.4, 0.5) is 0 Å². The lowest BCUT2D eigenvalue weighted by atomic mass is 9.83. The highest BCUT2D eigenvalue weighted by Crippen LogP contribution is 2.53. The zero-order valence-electron chi connectivity index (χ0n) is 110. The third-order valence-electron chi connectivity index (χ3n) is 26.5. The predicted octanol–water partition coefficient (Wildman–Crippen LogP) is 40.0. The van der Waals surface area contributed by atoms with Gasteiger partial charge in [0.05, 0.1) is 46.6 Å². The minimum atomic E-state index is -0.669. The van der Waals surface area contributed by atoms with Crippen LogP contribution in [-0.4, -0.2) is 0 Å². The summed E-state index contributed by atoms with van der Waals surface area (Å²) >= 11 is 0. The fourth-order valence-corrected chi connectivity index (χ4v) is 20.4. The van der Waals surface area contributed by atoms with Crippen LogP contribution in [0.2, 0.25) is 0 Å². The summed E-state index contributed by atoms with van der Waals surface area (Å²) in [5.74, 6) is 0. The molecular weight excluding hydrogens is 1710 g/mol. The maximum Gasteiger partial charge on any atom is 0.0629 e. The maximum atomic E-state index is 9.09. The van der Waals surface area contributed by atoms with Crippen molar-refractivity contribution in [2.24, 2.45) is 0 Å². The summed E-state index contributed by atoms with van der Waals surface area (Å²) in [5, 5.41) is 21.5. The Balaban J connectivity index is 0.000000117. The normalized spacial score (nSPS) is 14.7. The van der Waals surface area contributed by atoms with E-state index in [0.29, 0.717) is 98.0 Å². The Kier molecular flexibility index (Phi) is 14.9. The van der Waals surface area contributed by atoms with E-state index in [9.17, 15) is 0 Å². The third kappa shape index (κ3) is 15.8. The molecule has 0 saturated carbocycles. The van der Waals surface area contributed by atoms with Gasteiger partial charge < -0.3 is 0 Å². The molecule has 0 radical (unpaired) electrons. The average Bonchev–Trinajstić information content (AvgIpc) is 0.713. The quantitative estimate of drug-likeness (QED) is 0.0845. The molecule has 0 bridgehead atoms. The number of rotatable bonds is 12. The predicted molar refractivity (Wildman–Crippen MR) is 612 cm³/mol. The highest BCUT2D eigenvalue weighted by molar-refractivity contribution is 6.31. The van der Waals surface area contributed by atoms with E-state index in [-0.39, 0.29) is 81.7 Å². The van der Waals surface area contributed by atoms with E-state index in [0.717, 1.165) is 33.4 Å². The van der Waals surface area contributed by atoms with Gasteiger partial charge in [-0.2, -0.15) is 0 Å². The Morgan fingerprint density at radius 2 is 0.331 bits per heavy atom. The van der Waals surface area contributed by atoms with Gasteiger partial charge in [-0.3, -0.25) is 0 Å². The van der Waals surface area contributed by atoms with Crippen LogP contribution in [0.15, 0.2) is 569 Å². The first-order chi connectivity index (χ1) is 84.6. The number of benzene rings is 28. The molecule has 0 aliphatic carbocycles. The standard InChI is InChI=1S/C40H24.C38H26.2C32H22/c1-2-9-29-24-30(19-16-25(29)8-1)38-31-12-3-5-14-33(31)40(34-15-6-4-13-32(34)38)36-23-21-28-18-17-26-10-7-11-27-20-22-35(36)39(28)37(26)27;1-5-13-27(14-6-1)31-21-23-33-35(25-31)37(29-17-9-3-10-18-29)34-24-22-32(28-15-7-2-8-16-28)26-36(34)38(33)30-19-11-4-12-20-30;1-4-12-23(13-5-1)26-20-21-29-30(22-26)32(25-16-8-3-9-17-25)28-19-11-10-18-27(28)31(29)24-14-6-2-7-15-24;1-3-11-23(12-4-1)24-19-21-26(22-20-24)32-29-17-9-7-15-27(29)31(25-13-5-2-6-14-25)28-16-8-10-18-30(28)32/h1-24H;1-26H;2*1-22H/i;3D,4D,9D,10D,11D,12D,17D,18D,19D,20D;2D,3D,6D,7D,8D,9D,14D,15D,16D,17D;1D,2D,3D,4D,5D,6D,11D,12D,13D,14D,19D,20D,21D,22D. The molecule has 0 heteroatoms. The van der Waals surface area contributed by atoms with Crippen LogP contribution in [0.1, 0.15) is 46.6 Å². The summed E-state index contributed by atoms with van der Waals surface area (Å²) < 4.78 is 290. The van der Waals surface area contributed by atoms with E-state index in [1.807, 2.05) is 140 Å². The molecule has 0 spiro atoms. The summed E-state index contributed by atoms with van der Waals surface area (Å²) in [6, 6.07) is 103. The number of fused-ring (bicyclic) bond motifs is 9. The van der Waals surface area contributed by atoms with Gasteiger partial charge in [0.25, 0.3) is 0 Å². The van der Waals surface area contributed by atoms with Crippen molar-refractivity contribution in [1.82, 2.24) is 0 Å². The first-order valence-corrected chi connectivity index (χ1v) is 46.4. The smallest absolute Gasteiger partial charge is 0.0622 e. The molecule has 142 heavy (non-hydrogen) atoms. The van der Waals surface area contributed by atoms with Crippen molar-refractivity contribution in [1.29, 1.82) is 0 Å². The van der Waals surface area contributed by atoms with Crippen molar-refractivity contribution in [2.45, 2.75) is 0 Å². The van der Waals surface area contributed by atoms with Gasteiger partial charge in [-0.1, -0.05) is 545 Å². The van der Waals surface area contributed by atoms with E-state index >= 15 is 0 Å². The van der Waals surface area contributed by atoms with Gasteiger partial charge in [-0.15, -0.1) is 0 Å². The molecule has 0 amide bonds. The SMILES string of the molecule is [2H]c1c([2H])c([2H])c(-c2c([2H])c([2H])c(-c3c4ccccc4c(-c4c([2H])c([2H])c([2H])c([2H])c4[2H])c4ccccc34)c([2H])c2[2H])c([2H])c1[2H].[2H]c1c([2H])c([2H])c(-c2c3ccc(-c4ccccc4)cc3c(-c3c([2H])c([2H])c([2H])c([2H])c3[2H])c3ccc(-c4ccccc4)cc23)c([2H])c1[2H].[2H]c1c([2H])c([2H])c(-c2c3ccccc3c(-c3c([2H])c([2H])c([2H])c([2H])c3[2H])c3cc(-c4ccccc4)ccc23)c([2H])c1[2H].c1ccc2cc(-c3c4ccccc4c(-c4ccc5ccc6cccc7ccc4c5c67)c4ccccc34)ccc2c1. The molecule has 0 aliphatic heterocycles. The number of hydrogen-bond acceptors (Lipinski definition) is 0. The second-order valence-electron chi connectivity index (χ2n) is 34.4. The zero-order valence-corrected chi connectivity index (χ0v) is 75.6. The van der Waals surface area contributed by atoms with E-state index in [1.54, 1.807) is 78.9 Å². The minimum absolute atomic E-state index is 0.0151. The molecule has 0 aromatic heterocycles. The second kappa shape index (κ2) is 37.6. The highest BCUT2D eigenvalue weighted by Gasteiger charge is 2.25. The van der Waals surface area contributed by atoms with Crippen LogP contribution in [0.25, 0.3) is 263 Å². The first kappa shape index (κ1) is 56.3. The Hall–Kier alpha value is -18.5. The van der Waals surface area contributed by atoms with E-state index < -0.39 is 168 Å². The van der Waals surface area contributed by atoms with Gasteiger partial charge in [0, 0.05) is 0 Å². The van der Waals surface area contributed by atoms with Crippen LogP contribution >= 0.6 is 0 Å². The van der Waals surface area contributed by atoms with Crippen LogP contribution in [0, 0.1) is 0 Å². The molecule has 0 unspecified atom stereocenters. The van der Waals surface area contributed by atoms with Gasteiger partial charge in [0.1, 0.15) is 0 Å². The monoisotopic (exact) mass is 1830 g/mol. The van der Waals surface area contributed by atoms with Gasteiger partial charge in [0.2, 0.25) is 0 Å². The Morgan fingerprint density at radius 1 is 0.106 bits per heavy atom. The largest absolute Gasteiger partial charge is 0.0629 e. The first-order valence-electron chi connectivity index (χ1n) is 63.4. The van der Waals surface area contributed by atoms with Crippen LogP contribution in [-0.2, 0) is 0 Å². The lowest BCUT2D eigenvalue weighted by Gasteiger charge is -2.20. The fourth-order valence-electron chi connectivity index (χ4n) is 20.4. The average molecular weight is 1830 g/mol. The van der Waals surface area contributed by atoms with Crippen LogP contribution in [0.3, 0.4) is 0 Å². The lowest BCUT2D eigenvalue weighted by molar-refractivity contribution is 1.61.